The molecule has 0 aliphatic rings. The third-order valence-electron chi connectivity index (χ3n) is 15.2. The van der Waals surface area contributed by atoms with Crippen LogP contribution in [-0.4, -0.2) is 14.5 Å². The van der Waals surface area contributed by atoms with Crippen molar-refractivity contribution in [1.29, 1.82) is 0 Å². The molecule has 2 heterocycles. The van der Waals surface area contributed by atoms with Crippen LogP contribution in [0.5, 0.6) is 0 Å². The number of para-hydroxylation sites is 4. The summed E-state index contributed by atoms with van der Waals surface area (Å²) in [5, 5.41) is 2.34. The van der Waals surface area contributed by atoms with E-state index in [1.165, 1.54) is 49.7 Å². The molecule has 13 aromatic rings. The van der Waals surface area contributed by atoms with Crippen molar-refractivity contribution in [1.82, 2.24) is 14.5 Å². The van der Waals surface area contributed by atoms with Crippen LogP contribution in [0.2, 0.25) is 0 Å². The number of nitrogens with zero attached hydrogens (tertiary/aromatic N) is 5. The zero-order valence-electron chi connectivity index (χ0n) is 44.7. The van der Waals surface area contributed by atoms with Crippen molar-refractivity contribution in [2.24, 2.45) is 0 Å². The van der Waals surface area contributed by atoms with Crippen LogP contribution in [0.25, 0.3) is 83.6 Å². The van der Waals surface area contributed by atoms with E-state index in [-0.39, 0.29) is 0 Å². The second kappa shape index (κ2) is 20.8. The summed E-state index contributed by atoms with van der Waals surface area (Å²) in [6, 6.07) is 98.1. The summed E-state index contributed by atoms with van der Waals surface area (Å²) in [5.74, 6) is 0.717. The van der Waals surface area contributed by atoms with E-state index >= 15 is 0 Å². The van der Waals surface area contributed by atoms with Gasteiger partial charge < -0.3 is 14.4 Å². The van der Waals surface area contributed by atoms with Gasteiger partial charge in [-0.2, -0.15) is 0 Å². The molecule has 0 amide bonds. The van der Waals surface area contributed by atoms with Crippen LogP contribution in [-0.2, 0) is 0 Å². The van der Waals surface area contributed by atoms with Gasteiger partial charge in [-0.15, -0.1) is 0 Å². The summed E-state index contributed by atoms with van der Waals surface area (Å²) in [7, 11) is 0. The van der Waals surface area contributed by atoms with Gasteiger partial charge in [0.05, 0.1) is 22.4 Å². The minimum absolute atomic E-state index is 0.717. The highest BCUT2D eigenvalue weighted by atomic mass is 15.1. The minimum Gasteiger partial charge on any atom is -0.310 e. The Balaban J connectivity index is 0.862. The van der Waals surface area contributed by atoms with E-state index in [9.17, 15) is 0 Å². The maximum Gasteiger partial charge on any atom is 0.160 e. The van der Waals surface area contributed by atoms with Gasteiger partial charge in [0.25, 0.3) is 0 Å². The van der Waals surface area contributed by atoms with Crippen molar-refractivity contribution in [3.8, 4) is 61.8 Å². The van der Waals surface area contributed by atoms with Crippen LogP contribution >= 0.6 is 0 Å². The molecule has 79 heavy (non-hydrogen) atoms. The van der Waals surface area contributed by atoms with Gasteiger partial charge in [-0.3, -0.25) is 0 Å². The Hall–Kier alpha value is -10.1. The first-order valence-electron chi connectivity index (χ1n) is 27.0. The average Bonchev–Trinajstić information content (AvgIpc) is 3.91. The Morgan fingerprint density at radius 3 is 1.08 bits per heavy atom. The van der Waals surface area contributed by atoms with E-state index < -0.39 is 0 Å². The summed E-state index contributed by atoms with van der Waals surface area (Å²) < 4.78 is 2.42. The van der Waals surface area contributed by atoms with Crippen molar-refractivity contribution < 1.29 is 0 Å². The maximum atomic E-state index is 5.12. The average molecular weight is 1020 g/mol. The van der Waals surface area contributed by atoms with Gasteiger partial charge in [0.1, 0.15) is 0 Å². The van der Waals surface area contributed by atoms with Gasteiger partial charge in [0, 0.05) is 67.3 Å². The molecule has 0 atom stereocenters. The Kier molecular flexibility index (Phi) is 12.8. The Morgan fingerprint density at radius 1 is 0.291 bits per heavy atom. The topological polar surface area (TPSA) is 37.2 Å². The van der Waals surface area contributed by atoms with Crippen molar-refractivity contribution in [3.05, 3.63) is 295 Å². The summed E-state index contributed by atoms with van der Waals surface area (Å²) in [4.78, 5) is 14.9. The number of rotatable bonds is 12. The number of hydrogen-bond acceptors (Lipinski definition) is 4. The minimum atomic E-state index is 0.717. The lowest BCUT2D eigenvalue weighted by Gasteiger charge is -2.26. The maximum absolute atomic E-state index is 5.12. The van der Waals surface area contributed by atoms with E-state index in [0.717, 1.165) is 90.3 Å². The molecular weight excluding hydrogens is 959 g/mol. The van der Waals surface area contributed by atoms with Gasteiger partial charge >= 0.3 is 0 Å². The van der Waals surface area contributed by atoms with E-state index in [1.807, 2.05) is 0 Å². The third-order valence-corrected chi connectivity index (χ3v) is 15.2. The van der Waals surface area contributed by atoms with Crippen LogP contribution in [0, 0.1) is 27.7 Å². The number of aromatic nitrogens is 3. The van der Waals surface area contributed by atoms with Crippen molar-refractivity contribution in [3.63, 3.8) is 0 Å². The van der Waals surface area contributed by atoms with Crippen LogP contribution in [0.3, 0.4) is 0 Å². The smallest absolute Gasteiger partial charge is 0.160 e. The van der Waals surface area contributed by atoms with Crippen molar-refractivity contribution >= 4 is 55.9 Å². The molecule has 0 N–H and O–H groups in total. The predicted molar refractivity (Wildman–Crippen MR) is 332 cm³/mol. The fraction of sp³-hybridized carbons (Fsp3) is 0.0541. The van der Waals surface area contributed by atoms with Gasteiger partial charge in [0.15, 0.2) is 5.82 Å². The fourth-order valence-electron chi connectivity index (χ4n) is 11.3. The Labute approximate surface area is 462 Å². The quantitative estimate of drug-likeness (QED) is 0.122. The monoisotopic (exact) mass is 1020 g/mol. The highest BCUT2D eigenvalue weighted by molar-refractivity contribution is 6.12. The zero-order chi connectivity index (χ0) is 53.4. The molecule has 0 bridgehead atoms. The van der Waals surface area contributed by atoms with Gasteiger partial charge in [0.2, 0.25) is 0 Å². The number of benzene rings is 11. The van der Waals surface area contributed by atoms with Crippen LogP contribution in [0.1, 0.15) is 22.3 Å². The lowest BCUT2D eigenvalue weighted by molar-refractivity contribution is 1.18. The van der Waals surface area contributed by atoms with E-state index in [4.69, 9.17) is 9.97 Å². The summed E-state index contributed by atoms with van der Waals surface area (Å²) in [6.45, 7) is 8.68. The number of anilines is 6. The molecule has 5 nitrogen and oxygen atoms in total. The SMILES string of the molecule is Cc1ccc(-c2cc(-c3ccc(-c4cc(C)c(-c5ccc(-n6c7ccc(N(c8ccccc8)c8ccccc8)cc7c7cc(N(c8ccccc8)c8ccccc8)ccc76)cc5)c(C)c4)cc3)nc(-c3ccc(C)cc3)n2)cc1. The van der Waals surface area contributed by atoms with Gasteiger partial charge in [-0.25, -0.2) is 9.97 Å². The molecule has 0 fully saturated rings. The van der Waals surface area contributed by atoms with Crippen molar-refractivity contribution in [2.45, 2.75) is 27.7 Å². The van der Waals surface area contributed by atoms with E-state index in [1.54, 1.807) is 0 Å². The van der Waals surface area contributed by atoms with Crippen molar-refractivity contribution in [2.75, 3.05) is 9.80 Å². The molecule has 0 spiro atoms. The molecule has 378 valence electrons. The zero-order valence-corrected chi connectivity index (χ0v) is 44.7. The third kappa shape index (κ3) is 9.53. The molecule has 0 aliphatic carbocycles. The second-order valence-electron chi connectivity index (χ2n) is 20.6. The number of fused-ring (bicyclic) bond motifs is 3. The Bertz CT molecular complexity index is 3980. The van der Waals surface area contributed by atoms with Crippen LogP contribution in [0.4, 0.5) is 34.1 Å². The van der Waals surface area contributed by atoms with E-state index in [2.05, 4.69) is 315 Å². The highest BCUT2D eigenvalue weighted by Crippen LogP contribution is 2.44. The molecule has 0 radical (unpaired) electrons. The van der Waals surface area contributed by atoms with Gasteiger partial charge in [-0.05, 0) is 164 Å². The summed E-state index contributed by atoms with van der Waals surface area (Å²) in [6.07, 6.45) is 0. The molecule has 13 rings (SSSR count). The molecule has 2 aromatic heterocycles. The number of aryl methyl sites for hydroxylation is 4. The fourth-order valence-corrected chi connectivity index (χ4v) is 11.3. The predicted octanol–water partition coefficient (Wildman–Crippen LogP) is 20.1. The Morgan fingerprint density at radius 2 is 0.658 bits per heavy atom. The molecule has 0 aliphatic heterocycles. The molecule has 0 unspecified atom stereocenters. The first-order chi connectivity index (χ1) is 38.8. The van der Waals surface area contributed by atoms with Crippen LogP contribution in [0.15, 0.2) is 273 Å². The largest absolute Gasteiger partial charge is 0.310 e. The molecule has 5 heteroatoms. The molecular formula is C74H57N5. The number of hydrogen-bond donors (Lipinski definition) is 0. The molecule has 0 saturated carbocycles. The highest BCUT2D eigenvalue weighted by Gasteiger charge is 2.21. The summed E-state index contributed by atoms with van der Waals surface area (Å²) >= 11 is 0. The van der Waals surface area contributed by atoms with Gasteiger partial charge in [-0.1, -0.05) is 181 Å². The first-order valence-corrected chi connectivity index (χ1v) is 27.0. The lowest BCUT2D eigenvalue weighted by Crippen LogP contribution is -2.09. The normalized spacial score (nSPS) is 11.3. The molecule has 0 saturated heterocycles. The summed E-state index contributed by atoms with van der Waals surface area (Å²) in [5.41, 5.74) is 24.5. The first kappa shape index (κ1) is 48.5. The lowest BCUT2D eigenvalue weighted by atomic mass is 9.91. The van der Waals surface area contributed by atoms with E-state index in [0.29, 0.717) is 0 Å². The molecule has 11 aromatic carbocycles. The standard InChI is InChI=1S/C74H57N5/c1-50-25-29-55(30-26-50)69-49-70(76-74(75-69)58-31-27-51(2)28-32-58)56-35-33-54(34-36-56)59-45-52(3)73(53(4)46-59)57-37-39-64(40-38-57)79-71-43-41-65(77(60-17-9-5-10-18-60)61-19-11-6-12-20-61)47-67(71)68-48-66(42-44-72(68)79)78(62-21-13-7-14-22-62)63-23-15-8-16-24-63/h5-49H,1-4H3. The second-order valence-corrected chi connectivity index (χ2v) is 20.6. The van der Waals surface area contributed by atoms with Crippen LogP contribution < -0.4 is 9.80 Å².